The van der Waals surface area contributed by atoms with Gasteiger partial charge < -0.3 is 9.47 Å². The average Bonchev–Trinajstić information content (AvgIpc) is 2.83. The van der Waals surface area contributed by atoms with Gasteiger partial charge >= 0.3 is 11.9 Å². The van der Waals surface area contributed by atoms with Crippen LogP contribution in [0.15, 0.2) is 0 Å². The highest BCUT2D eigenvalue weighted by Gasteiger charge is 2.58. The van der Waals surface area contributed by atoms with Crippen LogP contribution in [0.3, 0.4) is 0 Å². The quantitative estimate of drug-likeness (QED) is 0.694. The van der Waals surface area contributed by atoms with E-state index in [0.717, 1.165) is 31.6 Å². The summed E-state index contributed by atoms with van der Waals surface area (Å²) in [6.45, 7) is 3.88. The van der Waals surface area contributed by atoms with E-state index in [1.807, 2.05) is 0 Å². The summed E-state index contributed by atoms with van der Waals surface area (Å²) in [5.41, 5.74) is 0.158. The van der Waals surface area contributed by atoms with Gasteiger partial charge in [-0.3, -0.25) is 9.59 Å². The molecule has 0 aromatic rings. The van der Waals surface area contributed by atoms with Crippen LogP contribution in [0.4, 0.5) is 0 Å². The Labute approximate surface area is 138 Å². The molecule has 0 unspecified atom stereocenters. The van der Waals surface area contributed by atoms with E-state index in [1.165, 1.54) is 26.2 Å². The summed E-state index contributed by atoms with van der Waals surface area (Å²) in [7, 11) is 0. The van der Waals surface area contributed by atoms with Gasteiger partial charge in [0.2, 0.25) is 0 Å². The molecule has 0 spiro atoms. The Hall–Kier alpha value is -1.06. The Balaban J connectivity index is 1.53. The first kappa shape index (κ1) is 15.5. The largest absolute Gasteiger partial charge is 0.462 e. The monoisotopic (exact) mass is 320 g/mol. The lowest BCUT2D eigenvalue weighted by Crippen LogP contribution is -2.52. The van der Waals surface area contributed by atoms with Gasteiger partial charge in [-0.15, -0.1) is 0 Å². The Morgan fingerprint density at radius 2 is 1.91 bits per heavy atom. The second-order valence-corrected chi connectivity index (χ2v) is 8.46. The maximum absolute atomic E-state index is 11.6. The van der Waals surface area contributed by atoms with Crippen LogP contribution in [-0.4, -0.2) is 24.1 Å². The Kier molecular flexibility index (Phi) is 3.69. The summed E-state index contributed by atoms with van der Waals surface area (Å²) in [6.07, 6.45) is 8.65. The molecule has 1 saturated heterocycles. The van der Waals surface area contributed by atoms with Crippen molar-refractivity contribution in [3.05, 3.63) is 0 Å². The molecule has 7 atom stereocenters. The molecule has 128 valence electrons. The molecule has 4 rings (SSSR count). The van der Waals surface area contributed by atoms with Crippen LogP contribution in [0, 0.1) is 29.1 Å². The van der Waals surface area contributed by atoms with Crippen LogP contribution in [0.2, 0.25) is 0 Å². The smallest absolute Gasteiger partial charge is 0.306 e. The van der Waals surface area contributed by atoms with E-state index < -0.39 is 0 Å². The van der Waals surface area contributed by atoms with Crippen molar-refractivity contribution in [3.63, 3.8) is 0 Å². The molecule has 0 amide bonds. The maximum Gasteiger partial charge on any atom is 0.306 e. The van der Waals surface area contributed by atoms with Crippen molar-refractivity contribution < 1.29 is 19.1 Å². The molecule has 0 N–H and O–H groups in total. The Bertz CT molecular complexity index is 515. The average molecular weight is 320 g/mol. The lowest BCUT2D eigenvalue weighted by molar-refractivity contribution is -0.174. The molecule has 4 nitrogen and oxygen atoms in total. The van der Waals surface area contributed by atoms with E-state index in [2.05, 4.69) is 6.92 Å². The molecule has 0 bridgehead atoms. The number of esters is 2. The van der Waals surface area contributed by atoms with Crippen molar-refractivity contribution in [1.82, 2.24) is 0 Å². The minimum atomic E-state index is -0.137. The van der Waals surface area contributed by atoms with Crippen LogP contribution in [0.5, 0.6) is 0 Å². The number of carbonyl (C=O) groups excluding carboxylic acids is 2. The molecular formula is C19H28O4. The third-order valence-corrected chi connectivity index (χ3v) is 7.49. The highest BCUT2D eigenvalue weighted by Crippen LogP contribution is 2.61. The second-order valence-electron chi connectivity index (χ2n) is 8.46. The first-order valence-corrected chi connectivity index (χ1v) is 9.36. The molecule has 1 heterocycles. The topological polar surface area (TPSA) is 52.6 Å². The Morgan fingerprint density at radius 1 is 1.09 bits per heavy atom. The van der Waals surface area contributed by atoms with Crippen molar-refractivity contribution in [2.75, 3.05) is 0 Å². The van der Waals surface area contributed by atoms with Crippen molar-refractivity contribution in [1.29, 1.82) is 0 Å². The van der Waals surface area contributed by atoms with Crippen molar-refractivity contribution in [2.24, 2.45) is 29.1 Å². The number of fused-ring (bicyclic) bond motifs is 5. The van der Waals surface area contributed by atoms with E-state index in [9.17, 15) is 9.59 Å². The van der Waals surface area contributed by atoms with Gasteiger partial charge in [0.25, 0.3) is 0 Å². The maximum atomic E-state index is 11.6. The first-order valence-electron chi connectivity index (χ1n) is 9.36. The van der Waals surface area contributed by atoms with Crippen molar-refractivity contribution in [3.8, 4) is 0 Å². The lowest BCUT2D eigenvalue weighted by atomic mass is 9.53. The van der Waals surface area contributed by atoms with Crippen molar-refractivity contribution >= 4 is 11.9 Å². The van der Waals surface area contributed by atoms with Gasteiger partial charge in [0, 0.05) is 18.8 Å². The fraction of sp³-hybridized carbons (Fsp3) is 0.895. The summed E-state index contributed by atoms with van der Waals surface area (Å²) in [6, 6.07) is 0. The molecule has 0 aromatic carbocycles. The van der Waals surface area contributed by atoms with E-state index in [-0.39, 0.29) is 29.6 Å². The molecule has 1 aliphatic heterocycles. The summed E-state index contributed by atoms with van der Waals surface area (Å²) in [5, 5.41) is 0. The van der Waals surface area contributed by atoms with Gasteiger partial charge in [0.05, 0.1) is 0 Å². The lowest BCUT2D eigenvalue weighted by Gasteiger charge is -2.54. The fourth-order valence-electron chi connectivity index (χ4n) is 6.51. The summed E-state index contributed by atoms with van der Waals surface area (Å²) in [5.74, 6) is 2.54. The first-order chi connectivity index (χ1) is 11.0. The molecular weight excluding hydrogens is 292 g/mol. The van der Waals surface area contributed by atoms with Crippen LogP contribution in [-0.2, 0) is 19.1 Å². The third-order valence-electron chi connectivity index (χ3n) is 7.49. The molecule has 23 heavy (non-hydrogen) atoms. The highest BCUT2D eigenvalue weighted by atomic mass is 16.5. The number of hydrogen-bond donors (Lipinski definition) is 0. The van der Waals surface area contributed by atoms with Gasteiger partial charge in [0.15, 0.2) is 0 Å². The molecule has 3 saturated carbocycles. The minimum absolute atomic E-state index is 0.00105. The zero-order chi connectivity index (χ0) is 16.2. The van der Waals surface area contributed by atoms with Gasteiger partial charge in [-0.25, -0.2) is 0 Å². The molecule has 0 radical (unpaired) electrons. The minimum Gasteiger partial charge on any atom is -0.462 e. The van der Waals surface area contributed by atoms with Gasteiger partial charge in [-0.05, 0) is 68.6 Å². The third kappa shape index (κ3) is 2.40. The zero-order valence-electron chi connectivity index (χ0n) is 14.3. The number of ether oxygens (including phenoxy) is 2. The van der Waals surface area contributed by atoms with Crippen molar-refractivity contribution in [2.45, 2.75) is 77.4 Å². The Morgan fingerprint density at radius 3 is 2.70 bits per heavy atom. The van der Waals surface area contributed by atoms with E-state index in [0.29, 0.717) is 24.2 Å². The summed E-state index contributed by atoms with van der Waals surface area (Å²) < 4.78 is 11.3. The number of rotatable bonds is 1. The van der Waals surface area contributed by atoms with E-state index >= 15 is 0 Å². The van der Waals surface area contributed by atoms with Crippen LogP contribution >= 0.6 is 0 Å². The normalized spacial score (nSPS) is 48.7. The fourth-order valence-corrected chi connectivity index (χ4v) is 6.51. The van der Waals surface area contributed by atoms with E-state index in [1.54, 1.807) is 0 Å². The molecule has 4 fully saturated rings. The molecule has 0 aromatic heterocycles. The highest BCUT2D eigenvalue weighted by molar-refractivity contribution is 5.70. The number of carbonyl (C=O) groups is 2. The molecule has 4 heteroatoms. The SMILES string of the molecule is CC(=O)O[C@H]1CC[C@H]2[C@@H]3CC[C@H]4OC(=O)CC[C@@H]4[C@H]3CC[C@]12C. The predicted molar refractivity (Wildman–Crippen MR) is 84.4 cm³/mol. The standard InChI is InChI=1S/C19H28O4/c1-11(20)22-17-7-5-15-13-3-6-16-14(4-8-18(21)23-16)12(13)9-10-19(15,17)2/h12-17H,3-10H2,1-2H3/t12-,13+,14+,15-,16+,17-,19-/m0/s1. The zero-order valence-corrected chi connectivity index (χ0v) is 14.3. The van der Waals surface area contributed by atoms with Crippen LogP contribution in [0.1, 0.15) is 65.2 Å². The van der Waals surface area contributed by atoms with Gasteiger partial charge in [-0.1, -0.05) is 6.92 Å². The predicted octanol–water partition coefficient (Wildman–Crippen LogP) is 3.48. The number of hydrogen-bond acceptors (Lipinski definition) is 4. The van der Waals surface area contributed by atoms with E-state index in [4.69, 9.17) is 9.47 Å². The second kappa shape index (κ2) is 5.49. The van der Waals surface area contributed by atoms with Gasteiger partial charge in [-0.2, -0.15) is 0 Å². The molecule has 3 aliphatic carbocycles. The summed E-state index contributed by atoms with van der Waals surface area (Å²) in [4.78, 5) is 23.0. The molecule has 4 aliphatic rings. The van der Waals surface area contributed by atoms with Crippen LogP contribution < -0.4 is 0 Å². The van der Waals surface area contributed by atoms with Gasteiger partial charge in [0.1, 0.15) is 12.2 Å². The summed E-state index contributed by atoms with van der Waals surface area (Å²) >= 11 is 0. The van der Waals surface area contributed by atoms with Crippen LogP contribution in [0.25, 0.3) is 0 Å².